The van der Waals surface area contributed by atoms with Crippen molar-refractivity contribution < 1.29 is 17.9 Å². The van der Waals surface area contributed by atoms with Gasteiger partial charge in [0.15, 0.2) is 0 Å². The lowest BCUT2D eigenvalue weighted by molar-refractivity contribution is 0.0526. The van der Waals surface area contributed by atoms with E-state index in [1.54, 1.807) is 6.92 Å². The number of hydrogen-bond acceptors (Lipinski definition) is 4. The summed E-state index contributed by atoms with van der Waals surface area (Å²) in [5, 5.41) is 0. The molecule has 1 atom stereocenters. The molecule has 6 nitrogen and oxygen atoms in total. The van der Waals surface area contributed by atoms with Crippen molar-refractivity contribution in [3.05, 3.63) is 53.3 Å². The van der Waals surface area contributed by atoms with Gasteiger partial charge in [0.25, 0.3) is 0 Å². The largest absolute Gasteiger partial charge is 0.462 e. The van der Waals surface area contributed by atoms with Gasteiger partial charge in [0, 0.05) is 24.5 Å². The predicted molar refractivity (Wildman–Crippen MR) is 93.9 cm³/mol. The van der Waals surface area contributed by atoms with Gasteiger partial charge in [-0.05, 0) is 57.2 Å². The summed E-state index contributed by atoms with van der Waals surface area (Å²) in [7, 11) is -3.63. The number of rotatable bonds is 4. The summed E-state index contributed by atoms with van der Waals surface area (Å²) < 4.78 is 34.6. The Morgan fingerprint density at radius 2 is 1.84 bits per heavy atom. The molecule has 0 N–H and O–H groups in total. The van der Waals surface area contributed by atoms with Gasteiger partial charge >= 0.3 is 5.97 Å². The van der Waals surface area contributed by atoms with Crippen LogP contribution in [0.5, 0.6) is 0 Å². The van der Waals surface area contributed by atoms with Crippen LogP contribution in [0.1, 0.15) is 41.6 Å². The first-order valence-electron chi connectivity index (χ1n) is 8.31. The summed E-state index contributed by atoms with van der Waals surface area (Å²) >= 11 is 0. The van der Waals surface area contributed by atoms with Gasteiger partial charge in [-0.25, -0.2) is 13.2 Å². The van der Waals surface area contributed by atoms with Crippen molar-refractivity contribution in [2.45, 2.75) is 38.3 Å². The molecule has 0 aliphatic carbocycles. The number of sulfonamides is 1. The highest BCUT2D eigenvalue weighted by Gasteiger charge is 2.34. The number of esters is 1. The van der Waals surface area contributed by atoms with Crippen LogP contribution in [0.2, 0.25) is 0 Å². The summed E-state index contributed by atoms with van der Waals surface area (Å²) in [6.07, 6.45) is 0. The first-order valence-corrected chi connectivity index (χ1v) is 9.75. The monoisotopic (exact) mass is 362 g/mol. The van der Waals surface area contributed by atoms with E-state index in [4.69, 9.17) is 4.74 Å². The van der Waals surface area contributed by atoms with Crippen LogP contribution >= 0.6 is 0 Å². The molecule has 1 aliphatic heterocycles. The van der Waals surface area contributed by atoms with Crippen LogP contribution in [0.4, 0.5) is 0 Å². The Balaban J connectivity index is 1.88. The van der Waals surface area contributed by atoms with Crippen molar-refractivity contribution in [1.29, 1.82) is 0 Å². The standard InChI is InChI=1S/C18H22N2O4S/c1-4-24-18(21)15-6-8-16(9-7-15)25(22,23)20-12-11-19-13(2)5-10-17(19)14(20)3/h5-10,14H,4,11-12H2,1-3H3/t14-/m1/s1. The molecule has 0 saturated heterocycles. The van der Waals surface area contributed by atoms with Gasteiger partial charge in [0.2, 0.25) is 10.0 Å². The molecule has 0 spiro atoms. The fraction of sp³-hybridized carbons (Fsp3) is 0.389. The smallest absolute Gasteiger partial charge is 0.338 e. The molecular weight excluding hydrogens is 340 g/mol. The van der Waals surface area contributed by atoms with E-state index >= 15 is 0 Å². The Labute approximate surface area is 148 Å². The van der Waals surface area contributed by atoms with Crippen LogP contribution in [-0.2, 0) is 21.3 Å². The average Bonchev–Trinajstić information content (AvgIpc) is 2.97. The average molecular weight is 362 g/mol. The van der Waals surface area contributed by atoms with E-state index in [0.29, 0.717) is 18.7 Å². The van der Waals surface area contributed by atoms with E-state index in [1.165, 1.54) is 28.6 Å². The molecule has 0 radical (unpaired) electrons. The molecule has 0 saturated carbocycles. The summed E-state index contributed by atoms with van der Waals surface area (Å²) in [6.45, 7) is 6.99. The van der Waals surface area contributed by atoms with Crippen molar-refractivity contribution >= 4 is 16.0 Å². The van der Waals surface area contributed by atoms with E-state index in [1.807, 2.05) is 26.0 Å². The molecule has 7 heteroatoms. The number of ether oxygens (including phenoxy) is 1. The highest BCUT2D eigenvalue weighted by molar-refractivity contribution is 7.89. The molecule has 25 heavy (non-hydrogen) atoms. The summed E-state index contributed by atoms with van der Waals surface area (Å²) in [5.74, 6) is -0.453. The third-order valence-electron chi connectivity index (χ3n) is 4.61. The number of aryl methyl sites for hydroxylation is 1. The maximum atomic E-state index is 13.0. The summed E-state index contributed by atoms with van der Waals surface area (Å²) in [5.41, 5.74) is 2.48. The highest BCUT2D eigenvalue weighted by Crippen LogP contribution is 2.32. The van der Waals surface area contributed by atoms with E-state index in [-0.39, 0.29) is 17.5 Å². The number of carbonyl (C=O) groups is 1. The normalized spacial score (nSPS) is 18.0. The molecule has 0 unspecified atom stereocenters. The minimum atomic E-state index is -3.63. The van der Waals surface area contributed by atoms with Crippen LogP contribution in [0.25, 0.3) is 0 Å². The zero-order chi connectivity index (χ0) is 18.2. The molecule has 0 amide bonds. The second kappa shape index (κ2) is 6.65. The molecule has 0 bridgehead atoms. The number of carbonyl (C=O) groups excluding carboxylic acids is 1. The van der Waals surface area contributed by atoms with Crippen LogP contribution in [-0.4, -0.2) is 36.4 Å². The number of fused-ring (bicyclic) bond motifs is 1. The van der Waals surface area contributed by atoms with Crippen molar-refractivity contribution in [3.8, 4) is 0 Å². The fourth-order valence-corrected chi connectivity index (χ4v) is 4.84. The molecule has 0 fully saturated rings. The molecule has 1 aliphatic rings. The van der Waals surface area contributed by atoms with Gasteiger partial charge in [-0.1, -0.05) is 0 Å². The number of hydrogen-bond donors (Lipinski definition) is 0. The van der Waals surface area contributed by atoms with Gasteiger partial charge in [-0.2, -0.15) is 4.31 Å². The predicted octanol–water partition coefficient (Wildman–Crippen LogP) is 2.74. The number of aromatic nitrogens is 1. The Morgan fingerprint density at radius 1 is 1.16 bits per heavy atom. The van der Waals surface area contributed by atoms with Crippen molar-refractivity contribution in [2.24, 2.45) is 0 Å². The minimum absolute atomic E-state index is 0.184. The quantitative estimate of drug-likeness (QED) is 0.784. The number of nitrogens with zero attached hydrogens (tertiary/aromatic N) is 2. The molecular formula is C18H22N2O4S. The SMILES string of the molecule is CCOC(=O)c1ccc(S(=O)(=O)N2CCn3c(C)ccc3[C@H]2C)cc1. The molecule has 134 valence electrons. The van der Waals surface area contributed by atoms with Gasteiger partial charge in [-0.15, -0.1) is 0 Å². The lowest BCUT2D eigenvalue weighted by atomic mass is 10.2. The van der Waals surface area contributed by atoms with Gasteiger partial charge < -0.3 is 9.30 Å². The second-order valence-corrected chi connectivity index (χ2v) is 7.98. The lowest BCUT2D eigenvalue weighted by Gasteiger charge is -2.34. The maximum Gasteiger partial charge on any atom is 0.338 e. The van der Waals surface area contributed by atoms with E-state index in [2.05, 4.69) is 4.57 Å². The molecule has 2 heterocycles. The Bertz CT molecular complexity index is 884. The molecule has 2 aromatic rings. The van der Waals surface area contributed by atoms with Gasteiger partial charge in [0.1, 0.15) is 0 Å². The first kappa shape index (κ1) is 17.7. The lowest BCUT2D eigenvalue weighted by Crippen LogP contribution is -2.41. The van der Waals surface area contributed by atoms with Gasteiger partial charge in [-0.3, -0.25) is 0 Å². The van der Waals surface area contributed by atoms with Crippen LogP contribution in [0, 0.1) is 6.92 Å². The fourth-order valence-electron chi connectivity index (χ4n) is 3.24. The van der Waals surface area contributed by atoms with Crippen LogP contribution in [0.15, 0.2) is 41.3 Å². The Morgan fingerprint density at radius 3 is 2.48 bits per heavy atom. The first-order chi connectivity index (χ1) is 11.9. The number of benzene rings is 1. The Hall–Kier alpha value is -2.12. The summed E-state index contributed by atoms with van der Waals surface area (Å²) in [4.78, 5) is 11.9. The molecule has 1 aromatic heterocycles. The third kappa shape index (κ3) is 3.09. The van der Waals surface area contributed by atoms with Crippen LogP contribution in [0.3, 0.4) is 0 Å². The van der Waals surface area contributed by atoms with E-state index in [9.17, 15) is 13.2 Å². The van der Waals surface area contributed by atoms with Crippen molar-refractivity contribution in [2.75, 3.05) is 13.2 Å². The van der Waals surface area contributed by atoms with Gasteiger partial charge in [0.05, 0.1) is 23.1 Å². The topological polar surface area (TPSA) is 68.6 Å². The second-order valence-electron chi connectivity index (χ2n) is 6.09. The minimum Gasteiger partial charge on any atom is -0.462 e. The zero-order valence-electron chi connectivity index (χ0n) is 14.6. The zero-order valence-corrected chi connectivity index (χ0v) is 15.4. The van der Waals surface area contributed by atoms with Crippen molar-refractivity contribution in [3.63, 3.8) is 0 Å². The Kier molecular flexibility index (Phi) is 4.71. The van der Waals surface area contributed by atoms with E-state index < -0.39 is 16.0 Å². The molecule has 1 aromatic carbocycles. The van der Waals surface area contributed by atoms with Crippen LogP contribution < -0.4 is 0 Å². The van der Waals surface area contributed by atoms with E-state index in [0.717, 1.165) is 11.4 Å². The third-order valence-corrected chi connectivity index (χ3v) is 6.59. The highest BCUT2D eigenvalue weighted by atomic mass is 32.2. The van der Waals surface area contributed by atoms with Crippen molar-refractivity contribution in [1.82, 2.24) is 8.87 Å². The maximum absolute atomic E-state index is 13.0. The summed E-state index contributed by atoms with van der Waals surface area (Å²) in [6, 6.07) is 9.66. The molecule has 3 rings (SSSR count).